The first-order valence-electron chi connectivity index (χ1n) is 9.70. The lowest BCUT2D eigenvalue weighted by molar-refractivity contribution is -0.384. The van der Waals surface area contributed by atoms with Crippen LogP contribution in [0.1, 0.15) is 36.4 Å². The fourth-order valence-electron chi connectivity index (χ4n) is 4.20. The Labute approximate surface area is 164 Å². The molecule has 1 heterocycles. The van der Waals surface area contributed by atoms with Crippen LogP contribution < -0.4 is 10.1 Å². The van der Waals surface area contributed by atoms with Crippen LogP contribution in [0.5, 0.6) is 5.75 Å². The van der Waals surface area contributed by atoms with Crippen LogP contribution in [0.25, 0.3) is 0 Å². The van der Waals surface area contributed by atoms with Crippen molar-refractivity contribution < 1.29 is 14.4 Å². The van der Waals surface area contributed by atoms with E-state index in [2.05, 4.69) is 23.5 Å². The number of benzene rings is 2. The van der Waals surface area contributed by atoms with Crippen molar-refractivity contribution in [2.75, 3.05) is 25.1 Å². The number of nitrogens with zero attached hydrogens (tertiary/aromatic N) is 1. The summed E-state index contributed by atoms with van der Waals surface area (Å²) >= 11 is 0. The Morgan fingerprint density at radius 3 is 2.75 bits per heavy atom. The van der Waals surface area contributed by atoms with Gasteiger partial charge in [0.15, 0.2) is 0 Å². The molecule has 0 radical (unpaired) electrons. The summed E-state index contributed by atoms with van der Waals surface area (Å²) in [6.45, 7) is 3.69. The number of hydrogen-bond acceptors (Lipinski definition) is 5. The molecule has 3 atom stereocenters. The van der Waals surface area contributed by atoms with Gasteiger partial charge in [0.2, 0.25) is 0 Å². The van der Waals surface area contributed by atoms with Gasteiger partial charge in [-0.15, -0.1) is 0 Å². The number of nitro groups is 1. The lowest BCUT2D eigenvalue weighted by Gasteiger charge is -2.38. The van der Waals surface area contributed by atoms with Crippen LogP contribution in [0.4, 0.5) is 11.4 Å². The average Bonchev–Trinajstić information content (AvgIpc) is 3.21. The van der Waals surface area contributed by atoms with Crippen molar-refractivity contribution in [1.29, 1.82) is 0 Å². The largest absolute Gasteiger partial charge is 0.489 e. The first-order chi connectivity index (χ1) is 13.7. The molecular formula is C22H24N2O4. The highest BCUT2D eigenvalue weighted by atomic mass is 16.6. The van der Waals surface area contributed by atoms with Gasteiger partial charge in [0.05, 0.1) is 23.3 Å². The van der Waals surface area contributed by atoms with Crippen LogP contribution >= 0.6 is 0 Å². The van der Waals surface area contributed by atoms with Crippen molar-refractivity contribution in [3.8, 4) is 5.75 Å². The van der Waals surface area contributed by atoms with E-state index in [1.165, 1.54) is 5.56 Å². The molecule has 0 saturated carbocycles. The maximum absolute atomic E-state index is 11.0. The summed E-state index contributed by atoms with van der Waals surface area (Å²) in [5, 5.41) is 14.6. The summed E-state index contributed by atoms with van der Waals surface area (Å²) in [6.07, 6.45) is 5.48. The summed E-state index contributed by atoms with van der Waals surface area (Å²) in [5.74, 6) is 1.52. The number of nitrogens with one attached hydrogen (secondary N) is 1. The Hall–Kier alpha value is -2.86. The standard InChI is InChI=1S/C22H24N2O4/c1-2-27-13-14-28-20-8-4-7-19-17-5-3-6-18(17)21(23-22(19)20)15-9-11-16(12-10-15)24(25)26/h3-5,7-12,17-18,21,23H,2,6,13-14H2,1H3. The molecule has 28 heavy (non-hydrogen) atoms. The third kappa shape index (κ3) is 3.47. The SMILES string of the molecule is CCOCCOc1cccc2c1NC(c1ccc([N+](=O)[O-])cc1)C1CC=CC21. The highest BCUT2D eigenvalue weighted by Crippen LogP contribution is 2.52. The van der Waals surface area contributed by atoms with Crippen molar-refractivity contribution in [3.05, 3.63) is 75.9 Å². The van der Waals surface area contributed by atoms with Crippen LogP contribution in [-0.4, -0.2) is 24.7 Å². The van der Waals surface area contributed by atoms with Crippen LogP contribution in [0, 0.1) is 16.0 Å². The van der Waals surface area contributed by atoms with Gasteiger partial charge in [-0.2, -0.15) is 0 Å². The number of allylic oxidation sites excluding steroid dienone is 2. The topological polar surface area (TPSA) is 73.6 Å². The van der Waals surface area contributed by atoms with Crippen LogP contribution in [0.3, 0.4) is 0 Å². The number of fused-ring (bicyclic) bond motifs is 3. The van der Waals surface area contributed by atoms with Gasteiger partial charge in [-0.05, 0) is 36.5 Å². The number of non-ortho nitro benzene ring substituents is 1. The van der Waals surface area contributed by atoms with Gasteiger partial charge < -0.3 is 14.8 Å². The number of nitro benzene ring substituents is 1. The molecule has 2 aromatic rings. The monoisotopic (exact) mass is 380 g/mol. The minimum Gasteiger partial charge on any atom is -0.489 e. The van der Waals surface area contributed by atoms with E-state index in [9.17, 15) is 10.1 Å². The molecule has 1 N–H and O–H groups in total. The molecule has 6 heteroatoms. The van der Waals surface area contributed by atoms with Gasteiger partial charge in [0, 0.05) is 24.7 Å². The van der Waals surface area contributed by atoms with E-state index in [1.54, 1.807) is 12.1 Å². The Kier molecular flexibility index (Phi) is 5.30. The van der Waals surface area contributed by atoms with E-state index in [-0.39, 0.29) is 16.7 Å². The van der Waals surface area contributed by atoms with Crippen molar-refractivity contribution in [3.63, 3.8) is 0 Å². The Bertz CT molecular complexity index is 879. The van der Waals surface area contributed by atoms with Crippen LogP contribution in [0.2, 0.25) is 0 Å². The van der Waals surface area contributed by atoms with E-state index >= 15 is 0 Å². The molecule has 6 nitrogen and oxygen atoms in total. The van der Waals surface area contributed by atoms with Crippen LogP contribution in [-0.2, 0) is 4.74 Å². The van der Waals surface area contributed by atoms with E-state index in [0.29, 0.717) is 31.7 Å². The third-order valence-corrected chi connectivity index (χ3v) is 5.51. The highest BCUT2D eigenvalue weighted by Gasteiger charge is 2.39. The maximum Gasteiger partial charge on any atom is 0.269 e. The van der Waals surface area contributed by atoms with Gasteiger partial charge in [0.25, 0.3) is 5.69 Å². The van der Waals surface area contributed by atoms with Gasteiger partial charge >= 0.3 is 0 Å². The molecule has 0 bridgehead atoms. The minimum absolute atomic E-state index is 0.0740. The van der Waals surface area contributed by atoms with Gasteiger partial charge in [0.1, 0.15) is 12.4 Å². The van der Waals surface area contributed by atoms with E-state index in [4.69, 9.17) is 9.47 Å². The quantitative estimate of drug-likeness (QED) is 0.322. The van der Waals surface area contributed by atoms with Crippen molar-refractivity contribution in [2.45, 2.75) is 25.3 Å². The molecule has 1 aliphatic carbocycles. The smallest absolute Gasteiger partial charge is 0.269 e. The zero-order chi connectivity index (χ0) is 19.5. The second-order valence-electron chi connectivity index (χ2n) is 7.09. The van der Waals surface area contributed by atoms with E-state index < -0.39 is 0 Å². The van der Waals surface area contributed by atoms with Crippen molar-refractivity contribution in [1.82, 2.24) is 0 Å². The second-order valence-corrected chi connectivity index (χ2v) is 7.09. The summed E-state index contributed by atoms with van der Waals surface area (Å²) in [6, 6.07) is 13.1. The Morgan fingerprint density at radius 2 is 2.00 bits per heavy atom. The molecule has 1 aliphatic heterocycles. The fourth-order valence-corrected chi connectivity index (χ4v) is 4.20. The summed E-state index contributed by atoms with van der Waals surface area (Å²) in [4.78, 5) is 10.6. The minimum atomic E-state index is -0.363. The van der Waals surface area contributed by atoms with E-state index in [0.717, 1.165) is 23.4 Å². The van der Waals surface area contributed by atoms with Crippen molar-refractivity contribution in [2.24, 2.45) is 5.92 Å². The molecule has 2 aromatic carbocycles. The predicted molar refractivity (Wildman–Crippen MR) is 108 cm³/mol. The molecular weight excluding hydrogens is 356 g/mol. The number of ether oxygens (including phenoxy) is 2. The van der Waals surface area contributed by atoms with Gasteiger partial charge in [-0.1, -0.05) is 36.4 Å². The van der Waals surface area contributed by atoms with E-state index in [1.807, 2.05) is 31.2 Å². The predicted octanol–water partition coefficient (Wildman–Crippen LogP) is 4.84. The molecule has 0 fully saturated rings. The number of hydrogen-bond donors (Lipinski definition) is 1. The summed E-state index contributed by atoms with van der Waals surface area (Å²) in [7, 11) is 0. The average molecular weight is 380 g/mol. The molecule has 4 rings (SSSR count). The first kappa shape index (κ1) is 18.5. The number of anilines is 1. The lowest BCUT2D eigenvalue weighted by Crippen LogP contribution is -2.29. The zero-order valence-electron chi connectivity index (χ0n) is 15.8. The normalized spacial score (nSPS) is 22.2. The molecule has 0 saturated heterocycles. The molecule has 2 aliphatic rings. The molecule has 0 spiro atoms. The lowest BCUT2D eigenvalue weighted by atomic mass is 9.77. The second kappa shape index (κ2) is 8.02. The van der Waals surface area contributed by atoms with Gasteiger partial charge in [-0.25, -0.2) is 0 Å². The molecule has 146 valence electrons. The molecule has 3 unspecified atom stereocenters. The third-order valence-electron chi connectivity index (χ3n) is 5.51. The maximum atomic E-state index is 11.0. The molecule has 0 amide bonds. The Balaban J connectivity index is 1.63. The van der Waals surface area contributed by atoms with Crippen molar-refractivity contribution >= 4 is 11.4 Å². The zero-order valence-corrected chi connectivity index (χ0v) is 15.8. The van der Waals surface area contributed by atoms with Gasteiger partial charge in [-0.3, -0.25) is 10.1 Å². The number of rotatable bonds is 7. The van der Waals surface area contributed by atoms with Crippen LogP contribution in [0.15, 0.2) is 54.6 Å². The fraction of sp³-hybridized carbons (Fsp3) is 0.364. The summed E-state index contributed by atoms with van der Waals surface area (Å²) in [5.41, 5.74) is 3.42. The number of para-hydroxylation sites is 1. The Morgan fingerprint density at radius 1 is 1.18 bits per heavy atom. The molecule has 0 aromatic heterocycles. The first-order valence-corrected chi connectivity index (χ1v) is 9.70. The highest BCUT2D eigenvalue weighted by molar-refractivity contribution is 5.67. The summed E-state index contributed by atoms with van der Waals surface area (Å²) < 4.78 is 11.4.